The fourth-order valence-corrected chi connectivity index (χ4v) is 3.26. The van der Waals surface area contributed by atoms with Crippen LogP contribution in [0.1, 0.15) is 17.3 Å². The van der Waals surface area contributed by atoms with Crippen molar-refractivity contribution >= 4 is 34.8 Å². The lowest BCUT2D eigenvalue weighted by molar-refractivity contribution is 0.0746. The van der Waals surface area contributed by atoms with E-state index in [2.05, 4.69) is 11.0 Å². The first kappa shape index (κ1) is 17.9. The predicted molar refractivity (Wildman–Crippen MR) is 102 cm³/mol. The third-order valence-corrected chi connectivity index (χ3v) is 4.98. The molecule has 4 nitrogen and oxygen atoms in total. The molecule has 1 heterocycles. The number of benzene rings is 2. The molecule has 1 aliphatic rings. The van der Waals surface area contributed by atoms with Crippen molar-refractivity contribution < 1.29 is 9.53 Å². The molecule has 2 aromatic rings. The maximum absolute atomic E-state index is 12.7. The Balaban J connectivity index is 1.67. The van der Waals surface area contributed by atoms with Gasteiger partial charge in [0.05, 0.1) is 22.3 Å². The first-order chi connectivity index (χ1) is 12.1. The van der Waals surface area contributed by atoms with E-state index in [0.29, 0.717) is 35.3 Å². The number of hydrogen-bond donors (Lipinski definition) is 0. The molecule has 1 aliphatic heterocycles. The molecule has 6 heteroatoms. The van der Waals surface area contributed by atoms with E-state index in [4.69, 9.17) is 27.9 Å². The largest absolute Gasteiger partial charge is 0.492 e. The zero-order chi connectivity index (χ0) is 17.8. The molecular weight excluding hydrogens is 359 g/mol. The van der Waals surface area contributed by atoms with E-state index in [0.717, 1.165) is 24.5 Å². The number of amides is 1. The van der Waals surface area contributed by atoms with Gasteiger partial charge in [0.1, 0.15) is 5.75 Å². The summed E-state index contributed by atoms with van der Waals surface area (Å²) in [5.74, 6) is 0.866. The number of anilines is 1. The zero-order valence-corrected chi connectivity index (χ0v) is 15.6. The van der Waals surface area contributed by atoms with Crippen LogP contribution >= 0.6 is 23.2 Å². The quantitative estimate of drug-likeness (QED) is 0.792. The van der Waals surface area contributed by atoms with Crippen molar-refractivity contribution in [3.63, 3.8) is 0 Å². The third-order valence-electron chi connectivity index (χ3n) is 4.24. The lowest BCUT2D eigenvalue weighted by Crippen LogP contribution is -2.48. The predicted octanol–water partition coefficient (Wildman–Crippen LogP) is 4.35. The molecule has 25 heavy (non-hydrogen) atoms. The molecule has 0 bridgehead atoms. The Morgan fingerprint density at radius 1 is 1.04 bits per heavy atom. The molecule has 1 amide bonds. The van der Waals surface area contributed by atoms with Crippen molar-refractivity contribution in [3.05, 3.63) is 58.1 Å². The number of carbonyl (C=O) groups excluding carboxylic acids is 1. The molecule has 0 aromatic heterocycles. The Labute approximate surface area is 157 Å². The van der Waals surface area contributed by atoms with Crippen LogP contribution in [-0.4, -0.2) is 43.6 Å². The van der Waals surface area contributed by atoms with Gasteiger partial charge in [-0.3, -0.25) is 4.79 Å². The van der Waals surface area contributed by atoms with Crippen molar-refractivity contribution in [2.45, 2.75) is 6.92 Å². The van der Waals surface area contributed by atoms with Crippen molar-refractivity contribution in [2.75, 3.05) is 37.7 Å². The van der Waals surface area contributed by atoms with E-state index in [-0.39, 0.29) is 5.91 Å². The first-order valence-corrected chi connectivity index (χ1v) is 9.07. The summed E-state index contributed by atoms with van der Waals surface area (Å²) >= 11 is 11.9. The summed E-state index contributed by atoms with van der Waals surface area (Å²) in [5.41, 5.74) is 1.64. The molecule has 1 saturated heterocycles. The summed E-state index contributed by atoms with van der Waals surface area (Å²) in [7, 11) is 0. The van der Waals surface area contributed by atoms with Gasteiger partial charge in [-0.2, -0.15) is 0 Å². The molecule has 0 atom stereocenters. The van der Waals surface area contributed by atoms with E-state index in [1.807, 2.05) is 30.0 Å². The van der Waals surface area contributed by atoms with Crippen molar-refractivity contribution in [1.82, 2.24) is 4.90 Å². The van der Waals surface area contributed by atoms with Crippen LogP contribution in [0.5, 0.6) is 5.75 Å². The Morgan fingerprint density at radius 2 is 1.76 bits per heavy atom. The molecule has 0 radical (unpaired) electrons. The summed E-state index contributed by atoms with van der Waals surface area (Å²) in [4.78, 5) is 16.8. The molecule has 2 aromatic carbocycles. The second-order valence-corrected chi connectivity index (χ2v) is 6.62. The minimum Gasteiger partial charge on any atom is -0.492 e. The number of hydrogen-bond acceptors (Lipinski definition) is 3. The number of halogens is 2. The molecule has 0 spiro atoms. The van der Waals surface area contributed by atoms with Crippen LogP contribution < -0.4 is 9.64 Å². The number of para-hydroxylation sites is 2. The highest BCUT2D eigenvalue weighted by Gasteiger charge is 2.24. The highest BCUT2D eigenvalue weighted by molar-refractivity contribution is 6.42. The van der Waals surface area contributed by atoms with E-state index >= 15 is 0 Å². The van der Waals surface area contributed by atoms with Gasteiger partial charge >= 0.3 is 0 Å². The highest BCUT2D eigenvalue weighted by Crippen LogP contribution is 2.29. The summed E-state index contributed by atoms with van der Waals surface area (Å²) in [6.45, 7) is 5.44. The average Bonchev–Trinajstić information content (AvgIpc) is 2.64. The zero-order valence-electron chi connectivity index (χ0n) is 14.0. The van der Waals surface area contributed by atoms with Gasteiger partial charge < -0.3 is 14.5 Å². The number of rotatable bonds is 4. The molecule has 0 aliphatic carbocycles. The molecule has 0 N–H and O–H groups in total. The molecule has 3 rings (SSSR count). The summed E-state index contributed by atoms with van der Waals surface area (Å²) < 4.78 is 5.71. The van der Waals surface area contributed by atoms with E-state index in [9.17, 15) is 4.79 Å². The van der Waals surface area contributed by atoms with Gasteiger partial charge in [0.15, 0.2) is 0 Å². The standard InChI is InChI=1S/C19H20Cl2N2O2/c1-2-25-18-6-4-3-5-17(18)22-9-11-23(12-10-22)19(24)14-7-8-15(20)16(21)13-14/h3-8,13H,2,9-12H2,1H3. The normalized spacial score (nSPS) is 14.5. The van der Waals surface area contributed by atoms with Gasteiger partial charge in [-0.25, -0.2) is 0 Å². The lowest BCUT2D eigenvalue weighted by Gasteiger charge is -2.36. The van der Waals surface area contributed by atoms with E-state index in [1.54, 1.807) is 18.2 Å². The van der Waals surface area contributed by atoms with Crippen LogP contribution in [0.4, 0.5) is 5.69 Å². The molecule has 1 fully saturated rings. The first-order valence-electron chi connectivity index (χ1n) is 8.31. The maximum atomic E-state index is 12.7. The van der Waals surface area contributed by atoms with Crippen LogP contribution in [0.15, 0.2) is 42.5 Å². The Hall–Kier alpha value is -1.91. The topological polar surface area (TPSA) is 32.8 Å². The van der Waals surface area contributed by atoms with Gasteiger partial charge in [0.25, 0.3) is 5.91 Å². The van der Waals surface area contributed by atoms with Crippen molar-refractivity contribution in [1.29, 1.82) is 0 Å². The minimum atomic E-state index is -0.0173. The molecule has 0 unspecified atom stereocenters. The molecular formula is C19H20Cl2N2O2. The van der Waals surface area contributed by atoms with Gasteiger partial charge in [-0.1, -0.05) is 35.3 Å². The van der Waals surface area contributed by atoms with Gasteiger partial charge in [-0.15, -0.1) is 0 Å². The summed E-state index contributed by atoms with van der Waals surface area (Å²) in [6, 6.07) is 13.0. The summed E-state index contributed by atoms with van der Waals surface area (Å²) in [5, 5.41) is 0.854. The van der Waals surface area contributed by atoms with Crippen LogP contribution in [-0.2, 0) is 0 Å². The second kappa shape index (κ2) is 7.98. The lowest BCUT2D eigenvalue weighted by atomic mass is 10.1. The summed E-state index contributed by atoms with van der Waals surface area (Å²) in [6.07, 6.45) is 0. The fraction of sp³-hybridized carbons (Fsp3) is 0.316. The molecule has 132 valence electrons. The van der Waals surface area contributed by atoms with Crippen LogP contribution in [0.25, 0.3) is 0 Å². The highest BCUT2D eigenvalue weighted by atomic mass is 35.5. The number of piperazine rings is 1. The Bertz CT molecular complexity index is 759. The number of ether oxygens (including phenoxy) is 1. The van der Waals surface area contributed by atoms with Crippen LogP contribution in [0.2, 0.25) is 10.0 Å². The Kier molecular flexibility index (Phi) is 5.71. The minimum absolute atomic E-state index is 0.0173. The van der Waals surface area contributed by atoms with Gasteiger partial charge in [-0.05, 0) is 37.3 Å². The fourth-order valence-electron chi connectivity index (χ4n) is 2.96. The third kappa shape index (κ3) is 4.02. The average molecular weight is 379 g/mol. The monoisotopic (exact) mass is 378 g/mol. The van der Waals surface area contributed by atoms with E-state index < -0.39 is 0 Å². The Morgan fingerprint density at radius 3 is 2.44 bits per heavy atom. The van der Waals surface area contributed by atoms with Crippen LogP contribution in [0.3, 0.4) is 0 Å². The number of nitrogens with zero attached hydrogens (tertiary/aromatic N) is 2. The van der Waals surface area contributed by atoms with Gasteiger partial charge in [0, 0.05) is 31.7 Å². The smallest absolute Gasteiger partial charge is 0.254 e. The van der Waals surface area contributed by atoms with Crippen LogP contribution in [0, 0.1) is 0 Å². The van der Waals surface area contributed by atoms with Gasteiger partial charge in [0.2, 0.25) is 0 Å². The second-order valence-electron chi connectivity index (χ2n) is 5.81. The molecule has 0 saturated carbocycles. The van der Waals surface area contributed by atoms with E-state index in [1.165, 1.54) is 0 Å². The van der Waals surface area contributed by atoms with Crippen molar-refractivity contribution in [2.24, 2.45) is 0 Å². The number of carbonyl (C=O) groups is 1. The van der Waals surface area contributed by atoms with Crippen molar-refractivity contribution in [3.8, 4) is 5.75 Å². The maximum Gasteiger partial charge on any atom is 0.254 e. The SMILES string of the molecule is CCOc1ccccc1N1CCN(C(=O)c2ccc(Cl)c(Cl)c2)CC1.